The maximum atomic E-state index is 13.3. The summed E-state index contributed by atoms with van der Waals surface area (Å²) in [6.45, 7) is 4.77. The van der Waals surface area contributed by atoms with Crippen LogP contribution < -0.4 is 10.6 Å². The van der Waals surface area contributed by atoms with Crippen molar-refractivity contribution in [2.45, 2.75) is 50.9 Å². The van der Waals surface area contributed by atoms with Crippen LogP contribution in [0.1, 0.15) is 47.2 Å². The molecule has 4 aliphatic heterocycles. The molecule has 2 atom stereocenters. The van der Waals surface area contributed by atoms with Crippen LogP contribution in [-0.2, 0) is 27.5 Å². The van der Waals surface area contributed by atoms with E-state index in [1.165, 1.54) is 0 Å². The minimum absolute atomic E-state index is 0.129. The summed E-state index contributed by atoms with van der Waals surface area (Å²) in [5.41, 5.74) is 2.59. The first kappa shape index (κ1) is 21.1. The molecule has 9 heteroatoms. The van der Waals surface area contributed by atoms with Gasteiger partial charge in [0.2, 0.25) is 17.7 Å². The summed E-state index contributed by atoms with van der Waals surface area (Å²) in [7, 11) is 0. The summed E-state index contributed by atoms with van der Waals surface area (Å²) >= 11 is 0. The minimum Gasteiger partial charge on any atom is -0.336 e. The van der Waals surface area contributed by atoms with Gasteiger partial charge in [0.1, 0.15) is 6.04 Å². The normalized spacial score (nSPS) is 27.0. The molecular weight excluding hydrogens is 410 g/mol. The highest BCUT2D eigenvalue weighted by atomic mass is 16.2. The topological polar surface area (TPSA) is 102 Å². The number of hydrogen-bond donors (Lipinski definition) is 2. The number of benzene rings is 1. The van der Waals surface area contributed by atoms with Gasteiger partial charge >= 0.3 is 0 Å². The number of likely N-dealkylation sites (tertiary alicyclic amines) is 1. The lowest BCUT2D eigenvalue weighted by Crippen LogP contribution is -2.56. The molecule has 3 saturated heterocycles. The van der Waals surface area contributed by atoms with Crippen LogP contribution in [0.4, 0.5) is 0 Å². The number of piperazine rings is 1. The zero-order chi connectivity index (χ0) is 22.2. The molecule has 2 unspecified atom stereocenters. The molecule has 1 aromatic rings. The lowest BCUT2D eigenvalue weighted by molar-refractivity contribution is -0.137. The fourth-order valence-electron chi connectivity index (χ4n) is 5.50. The minimum atomic E-state index is -0.599. The maximum absolute atomic E-state index is 13.3. The number of amides is 4. The molecule has 0 aliphatic carbocycles. The molecule has 0 saturated carbocycles. The lowest BCUT2D eigenvalue weighted by atomic mass is 9.99. The Morgan fingerprint density at radius 3 is 2.72 bits per heavy atom. The maximum Gasteiger partial charge on any atom is 0.255 e. The van der Waals surface area contributed by atoms with Gasteiger partial charge in [0, 0.05) is 50.7 Å². The fourth-order valence-corrected chi connectivity index (χ4v) is 5.50. The molecule has 1 aromatic carbocycles. The second kappa shape index (κ2) is 8.63. The van der Waals surface area contributed by atoms with Gasteiger partial charge in [-0.1, -0.05) is 18.2 Å². The SMILES string of the molecule is O=C1CCC(N2Cc3cccc(CN4CCCC(N5CCNCC5=O)C4)c3C2=O)C(=O)N1. The van der Waals surface area contributed by atoms with E-state index < -0.39 is 6.04 Å². The summed E-state index contributed by atoms with van der Waals surface area (Å²) in [5, 5.41) is 5.49. The molecule has 0 radical (unpaired) electrons. The zero-order valence-electron chi connectivity index (χ0n) is 18.1. The van der Waals surface area contributed by atoms with E-state index >= 15 is 0 Å². The van der Waals surface area contributed by atoms with E-state index in [-0.39, 0.29) is 36.1 Å². The molecule has 4 amide bonds. The first-order valence-corrected chi connectivity index (χ1v) is 11.5. The van der Waals surface area contributed by atoms with Crippen LogP contribution in [0.3, 0.4) is 0 Å². The highest BCUT2D eigenvalue weighted by Crippen LogP contribution is 2.31. The van der Waals surface area contributed by atoms with Gasteiger partial charge in [0.05, 0.1) is 6.54 Å². The first-order chi connectivity index (χ1) is 15.5. The fraction of sp³-hybridized carbons (Fsp3) is 0.565. The average molecular weight is 440 g/mol. The van der Waals surface area contributed by atoms with Crippen LogP contribution in [0.15, 0.2) is 18.2 Å². The van der Waals surface area contributed by atoms with E-state index in [1.54, 1.807) is 4.90 Å². The molecule has 0 aromatic heterocycles. The molecule has 0 bridgehead atoms. The predicted molar refractivity (Wildman–Crippen MR) is 115 cm³/mol. The van der Waals surface area contributed by atoms with E-state index in [0.717, 1.165) is 50.1 Å². The molecule has 5 rings (SSSR count). The largest absolute Gasteiger partial charge is 0.336 e. The molecule has 0 spiro atoms. The summed E-state index contributed by atoms with van der Waals surface area (Å²) in [4.78, 5) is 55.4. The average Bonchev–Trinajstić information content (AvgIpc) is 3.11. The summed E-state index contributed by atoms with van der Waals surface area (Å²) < 4.78 is 0. The van der Waals surface area contributed by atoms with Crippen molar-refractivity contribution in [3.63, 3.8) is 0 Å². The molecule has 2 N–H and O–H groups in total. The Labute approximate surface area is 187 Å². The van der Waals surface area contributed by atoms with Gasteiger partial charge in [0.25, 0.3) is 5.91 Å². The van der Waals surface area contributed by atoms with E-state index in [0.29, 0.717) is 31.6 Å². The van der Waals surface area contributed by atoms with Gasteiger partial charge in [-0.15, -0.1) is 0 Å². The molecule has 4 heterocycles. The van der Waals surface area contributed by atoms with Crippen LogP contribution in [0.25, 0.3) is 0 Å². The highest BCUT2D eigenvalue weighted by molar-refractivity contribution is 6.06. The third-order valence-electron chi connectivity index (χ3n) is 7.08. The number of hydrogen-bond acceptors (Lipinski definition) is 6. The smallest absolute Gasteiger partial charge is 0.255 e. The van der Waals surface area contributed by atoms with Crippen molar-refractivity contribution in [3.8, 4) is 0 Å². The lowest BCUT2D eigenvalue weighted by Gasteiger charge is -2.41. The van der Waals surface area contributed by atoms with Crippen LogP contribution in [-0.4, -0.2) is 83.1 Å². The predicted octanol–water partition coefficient (Wildman–Crippen LogP) is -0.156. The molecule has 4 aliphatic rings. The van der Waals surface area contributed by atoms with Crippen molar-refractivity contribution in [1.29, 1.82) is 0 Å². The van der Waals surface area contributed by atoms with Crippen molar-refractivity contribution in [3.05, 3.63) is 34.9 Å². The number of nitrogens with zero attached hydrogens (tertiary/aromatic N) is 3. The number of carbonyl (C=O) groups is 4. The molecule has 3 fully saturated rings. The van der Waals surface area contributed by atoms with E-state index in [1.807, 2.05) is 23.1 Å². The van der Waals surface area contributed by atoms with Crippen LogP contribution >= 0.6 is 0 Å². The first-order valence-electron chi connectivity index (χ1n) is 11.5. The van der Waals surface area contributed by atoms with Crippen LogP contribution in [0.5, 0.6) is 0 Å². The van der Waals surface area contributed by atoms with E-state index in [9.17, 15) is 19.2 Å². The van der Waals surface area contributed by atoms with E-state index in [4.69, 9.17) is 0 Å². The molecular formula is C23H29N5O4. The Morgan fingerprint density at radius 1 is 1.03 bits per heavy atom. The van der Waals surface area contributed by atoms with Crippen molar-refractivity contribution in [2.75, 3.05) is 32.7 Å². The highest BCUT2D eigenvalue weighted by Gasteiger charge is 2.40. The molecule has 32 heavy (non-hydrogen) atoms. The quantitative estimate of drug-likeness (QED) is 0.633. The Hall–Kier alpha value is -2.78. The number of imide groups is 1. The van der Waals surface area contributed by atoms with Crippen molar-refractivity contribution in [2.24, 2.45) is 0 Å². The monoisotopic (exact) mass is 439 g/mol. The number of piperidine rings is 2. The third kappa shape index (κ3) is 3.91. The van der Waals surface area contributed by atoms with E-state index in [2.05, 4.69) is 15.5 Å². The summed E-state index contributed by atoms with van der Waals surface area (Å²) in [6.07, 6.45) is 2.65. The number of nitrogens with one attached hydrogen (secondary N) is 2. The van der Waals surface area contributed by atoms with Gasteiger partial charge in [-0.05, 0) is 36.9 Å². The van der Waals surface area contributed by atoms with Crippen molar-refractivity contribution < 1.29 is 19.2 Å². The Kier molecular flexibility index (Phi) is 5.69. The summed E-state index contributed by atoms with van der Waals surface area (Å²) in [5.74, 6) is -0.628. The Morgan fingerprint density at radius 2 is 1.91 bits per heavy atom. The number of rotatable bonds is 4. The molecule has 9 nitrogen and oxygen atoms in total. The summed E-state index contributed by atoms with van der Waals surface area (Å²) in [6, 6.07) is 5.52. The zero-order valence-corrected chi connectivity index (χ0v) is 18.1. The second-order valence-electron chi connectivity index (χ2n) is 9.15. The molecule has 170 valence electrons. The Balaban J connectivity index is 1.30. The van der Waals surface area contributed by atoms with Gasteiger partial charge in [0.15, 0.2) is 0 Å². The van der Waals surface area contributed by atoms with Crippen molar-refractivity contribution >= 4 is 23.6 Å². The van der Waals surface area contributed by atoms with Gasteiger partial charge in [-0.25, -0.2) is 0 Å². The van der Waals surface area contributed by atoms with Crippen molar-refractivity contribution in [1.82, 2.24) is 25.3 Å². The van der Waals surface area contributed by atoms with Gasteiger partial charge in [-0.3, -0.25) is 29.4 Å². The second-order valence-corrected chi connectivity index (χ2v) is 9.15. The Bertz CT molecular complexity index is 964. The van der Waals surface area contributed by atoms with Crippen LogP contribution in [0, 0.1) is 0 Å². The number of fused-ring (bicyclic) bond motifs is 1. The standard InChI is InChI=1S/C23H29N5O4/c29-19-7-6-18(22(31)25-19)28-13-16-4-1-3-15(21(16)23(28)32)12-26-9-2-5-17(14-26)27-10-8-24-11-20(27)30/h1,3-4,17-18,24H,2,5-14H2,(H,25,29,31). The van der Waals surface area contributed by atoms with Gasteiger partial charge < -0.3 is 15.1 Å². The number of carbonyl (C=O) groups excluding carboxylic acids is 4. The van der Waals surface area contributed by atoms with Gasteiger partial charge in [-0.2, -0.15) is 0 Å². The van der Waals surface area contributed by atoms with Crippen LogP contribution in [0.2, 0.25) is 0 Å². The third-order valence-corrected chi connectivity index (χ3v) is 7.08.